The molecule has 4 rings (SSSR count). The maximum absolute atomic E-state index is 13.6. The highest BCUT2D eigenvalue weighted by atomic mass is 19.4. The van der Waals surface area contributed by atoms with Crippen LogP contribution in [0, 0.1) is 11.3 Å². The molecule has 0 fully saturated rings. The first kappa shape index (κ1) is 18.6. The number of furan rings is 1. The second-order valence-corrected chi connectivity index (χ2v) is 6.50. The summed E-state index contributed by atoms with van der Waals surface area (Å²) in [6.45, 7) is 0. The Morgan fingerprint density at radius 3 is 2.69 bits per heavy atom. The Morgan fingerprint density at radius 1 is 1.31 bits per heavy atom. The Morgan fingerprint density at radius 2 is 2.07 bits per heavy atom. The van der Waals surface area contributed by atoms with Crippen molar-refractivity contribution in [3.05, 3.63) is 65.7 Å². The smallest absolute Gasteiger partial charge is 0.410 e. The number of nitriles is 1. The van der Waals surface area contributed by atoms with Gasteiger partial charge in [0.05, 0.1) is 30.1 Å². The molecule has 1 aromatic carbocycles. The van der Waals surface area contributed by atoms with Gasteiger partial charge in [0.15, 0.2) is 6.04 Å². The van der Waals surface area contributed by atoms with Gasteiger partial charge >= 0.3 is 6.18 Å². The third-order valence-corrected chi connectivity index (χ3v) is 4.64. The van der Waals surface area contributed by atoms with E-state index in [1.165, 1.54) is 30.5 Å². The van der Waals surface area contributed by atoms with Crippen molar-refractivity contribution in [2.45, 2.75) is 24.7 Å². The minimum absolute atomic E-state index is 0.0279. The number of carbonyl (C=O) groups is 1. The van der Waals surface area contributed by atoms with Crippen LogP contribution in [-0.4, -0.2) is 21.9 Å². The number of nitrogens with zero attached hydrogens (tertiary/aromatic N) is 3. The standard InChI is InChI=1S/C19H14F3N5O2/c20-19(21,22)16-8-14(15-2-1-7-29-15)26-17-13(10-24-27(16)17)18(28)25-12-5-3-11(9-23)4-6-12/h1-7,10,14,16,26H,8H2,(H,25,28)/t14-,16+/m0/s1. The molecule has 7 nitrogen and oxygen atoms in total. The molecule has 2 N–H and O–H groups in total. The minimum atomic E-state index is -4.55. The third kappa shape index (κ3) is 3.54. The third-order valence-electron chi connectivity index (χ3n) is 4.64. The zero-order valence-electron chi connectivity index (χ0n) is 14.8. The Balaban J connectivity index is 1.66. The Kier molecular flexibility index (Phi) is 4.50. The normalized spacial score (nSPS) is 18.4. The van der Waals surface area contributed by atoms with E-state index < -0.39 is 24.2 Å². The molecule has 2 aromatic heterocycles. The lowest BCUT2D eigenvalue weighted by Gasteiger charge is -2.32. The van der Waals surface area contributed by atoms with E-state index in [4.69, 9.17) is 9.68 Å². The molecule has 29 heavy (non-hydrogen) atoms. The molecule has 1 aliphatic rings. The number of anilines is 2. The number of amides is 1. The average molecular weight is 401 g/mol. The molecule has 10 heteroatoms. The average Bonchev–Trinajstić information content (AvgIpc) is 3.37. The molecular weight excluding hydrogens is 387 g/mol. The van der Waals surface area contributed by atoms with E-state index in [1.807, 2.05) is 6.07 Å². The van der Waals surface area contributed by atoms with Crippen molar-refractivity contribution in [1.29, 1.82) is 5.26 Å². The minimum Gasteiger partial charge on any atom is -0.467 e. The van der Waals surface area contributed by atoms with Gasteiger partial charge in [-0.1, -0.05) is 0 Å². The zero-order chi connectivity index (χ0) is 20.6. The fourth-order valence-electron chi connectivity index (χ4n) is 3.23. The molecule has 0 unspecified atom stereocenters. The molecule has 3 heterocycles. The number of benzene rings is 1. The fraction of sp³-hybridized carbons (Fsp3) is 0.211. The Hall–Kier alpha value is -3.74. The Labute approximate surface area is 162 Å². The molecule has 1 aliphatic heterocycles. The molecular formula is C19H14F3N5O2. The predicted molar refractivity (Wildman–Crippen MR) is 96.1 cm³/mol. The number of rotatable bonds is 3. The van der Waals surface area contributed by atoms with Crippen LogP contribution in [0.25, 0.3) is 0 Å². The summed E-state index contributed by atoms with van der Waals surface area (Å²) in [5.74, 6) is -0.319. The van der Waals surface area contributed by atoms with Gasteiger partial charge in [-0.25, -0.2) is 4.68 Å². The number of alkyl halides is 3. The molecule has 0 radical (unpaired) electrons. The summed E-state index contributed by atoms with van der Waals surface area (Å²) in [7, 11) is 0. The van der Waals surface area contributed by atoms with E-state index >= 15 is 0 Å². The molecule has 1 amide bonds. The van der Waals surface area contributed by atoms with E-state index in [1.54, 1.807) is 12.1 Å². The first-order chi connectivity index (χ1) is 13.9. The highest BCUT2D eigenvalue weighted by Crippen LogP contribution is 2.44. The summed E-state index contributed by atoms with van der Waals surface area (Å²) >= 11 is 0. The molecule has 0 saturated carbocycles. The highest BCUT2D eigenvalue weighted by molar-refractivity contribution is 6.07. The van der Waals surface area contributed by atoms with Gasteiger partial charge in [0, 0.05) is 12.1 Å². The fourth-order valence-corrected chi connectivity index (χ4v) is 3.23. The van der Waals surface area contributed by atoms with Crippen molar-refractivity contribution in [3.8, 4) is 6.07 Å². The lowest BCUT2D eigenvalue weighted by Crippen LogP contribution is -2.36. The van der Waals surface area contributed by atoms with E-state index in [-0.39, 0.29) is 17.8 Å². The van der Waals surface area contributed by atoms with Crippen molar-refractivity contribution < 1.29 is 22.4 Å². The van der Waals surface area contributed by atoms with Crippen LogP contribution in [-0.2, 0) is 0 Å². The molecule has 0 bridgehead atoms. The summed E-state index contributed by atoms with van der Waals surface area (Å²) in [5.41, 5.74) is 0.793. The van der Waals surface area contributed by atoms with E-state index in [0.29, 0.717) is 17.0 Å². The van der Waals surface area contributed by atoms with Gasteiger partial charge in [-0.3, -0.25) is 4.79 Å². The Bertz CT molecular complexity index is 1060. The highest BCUT2D eigenvalue weighted by Gasteiger charge is 2.47. The van der Waals surface area contributed by atoms with Crippen molar-refractivity contribution in [3.63, 3.8) is 0 Å². The zero-order valence-corrected chi connectivity index (χ0v) is 14.8. The van der Waals surface area contributed by atoms with Gasteiger partial charge in [0.1, 0.15) is 17.1 Å². The summed E-state index contributed by atoms with van der Waals surface area (Å²) < 4.78 is 46.9. The van der Waals surface area contributed by atoms with Crippen LogP contribution in [0.15, 0.2) is 53.3 Å². The number of nitrogens with one attached hydrogen (secondary N) is 2. The second kappa shape index (κ2) is 7.01. The van der Waals surface area contributed by atoms with Crippen molar-refractivity contribution in [2.75, 3.05) is 10.6 Å². The van der Waals surface area contributed by atoms with Crippen LogP contribution in [0.5, 0.6) is 0 Å². The maximum atomic E-state index is 13.6. The van der Waals surface area contributed by atoms with Crippen LogP contribution in [0.4, 0.5) is 24.7 Å². The van der Waals surface area contributed by atoms with Crippen LogP contribution >= 0.6 is 0 Å². The van der Waals surface area contributed by atoms with E-state index in [0.717, 1.165) is 10.9 Å². The van der Waals surface area contributed by atoms with Gasteiger partial charge in [-0.15, -0.1) is 0 Å². The summed E-state index contributed by atoms with van der Waals surface area (Å²) in [6.07, 6.45) is -2.38. The molecule has 0 saturated heterocycles. The molecule has 0 aliphatic carbocycles. The van der Waals surface area contributed by atoms with Gasteiger partial charge in [-0.05, 0) is 36.4 Å². The van der Waals surface area contributed by atoms with Gasteiger partial charge in [0.2, 0.25) is 0 Å². The molecule has 0 spiro atoms. The number of hydrogen-bond donors (Lipinski definition) is 2. The first-order valence-corrected chi connectivity index (χ1v) is 8.62. The number of halogens is 3. The first-order valence-electron chi connectivity index (χ1n) is 8.62. The monoisotopic (exact) mass is 401 g/mol. The van der Waals surface area contributed by atoms with Crippen LogP contribution in [0.1, 0.15) is 40.2 Å². The summed E-state index contributed by atoms with van der Waals surface area (Å²) in [5, 5.41) is 18.2. The van der Waals surface area contributed by atoms with Crippen molar-refractivity contribution >= 4 is 17.4 Å². The lowest BCUT2D eigenvalue weighted by molar-refractivity contribution is -0.174. The topological polar surface area (TPSA) is 95.9 Å². The number of carbonyl (C=O) groups excluding carboxylic acids is 1. The summed E-state index contributed by atoms with van der Waals surface area (Å²) in [6, 6.07) is 8.57. The quantitative estimate of drug-likeness (QED) is 0.684. The van der Waals surface area contributed by atoms with Gasteiger partial charge in [-0.2, -0.15) is 23.5 Å². The van der Waals surface area contributed by atoms with Gasteiger partial charge < -0.3 is 15.1 Å². The summed E-state index contributed by atoms with van der Waals surface area (Å²) in [4.78, 5) is 12.7. The molecule has 2 atom stereocenters. The number of aromatic nitrogens is 2. The van der Waals surface area contributed by atoms with Gasteiger partial charge in [0.25, 0.3) is 5.91 Å². The SMILES string of the molecule is N#Cc1ccc(NC(=O)c2cnn3c2N[C@H](c2ccco2)C[C@@H]3C(F)(F)F)cc1. The van der Waals surface area contributed by atoms with Crippen LogP contribution in [0.2, 0.25) is 0 Å². The second-order valence-electron chi connectivity index (χ2n) is 6.50. The number of fused-ring (bicyclic) bond motifs is 1. The van der Waals surface area contributed by atoms with E-state index in [9.17, 15) is 18.0 Å². The van der Waals surface area contributed by atoms with Crippen LogP contribution < -0.4 is 10.6 Å². The largest absolute Gasteiger partial charge is 0.467 e. The predicted octanol–water partition coefficient (Wildman–Crippen LogP) is 4.26. The van der Waals surface area contributed by atoms with E-state index in [2.05, 4.69) is 15.7 Å². The van der Waals surface area contributed by atoms with Crippen molar-refractivity contribution in [1.82, 2.24) is 9.78 Å². The van der Waals surface area contributed by atoms with Crippen LogP contribution in [0.3, 0.4) is 0 Å². The maximum Gasteiger partial charge on any atom is 0.410 e. The molecule has 148 valence electrons. The number of hydrogen-bond acceptors (Lipinski definition) is 5. The van der Waals surface area contributed by atoms with Crippen molar-refractivity contribution in [2.24, 2.45) is 0 Å². The lowest BCUT2D eigenvalue weighted by atomic mass is 10.0. The molecule has 3 aromatic rings.